The summed E-state index contributed by atoms with van der Waals surface area (Å²) in [6, 6.07) is 6.31. The molecule has 1 unspecified atom stereocenters. The number of benzene rings is 1. The Morgan fingerprint density at radius 3 is 2.72 bits per heavy atom. The first-order chi connectivity index (χ1) is 8.67. The van der Waals surface area contributed by atoms with Gasteiger partial charge < -0.3 is 10.1 Å². The molecule has 18 heavy (non-hydrogen) atoms. The molecular weight excluding hydrogens is 233 g/mol. The third kappa shape index (κ3) is 2.22. The van der Waals surface area contributed by atoms with Gasteiger partial charge in [0.15, 0.2) is 0 Å². The number of methoxy groups -OCH3 is 1. The zero-order valence-corrected chi connectivity index (χ0v) is 10.6. The average Bonchev–Trinajstić information content (AvgIpc) is 2.78. The molecule has 1 aromatic heterocycles. The maximum Gasteiger partial charge on any atom is 0.132 e. The van der Waals surface area contributed by atoms with Crippen molar-refractivity contribution in [1.82, 2.24) is 15.1 Å². The van der Waals surface area contributed by atoms with Gasteiger partial charge in [-0.25, -0.2) is 4.39 Å². The second kappa shape index (κ2) is 5.18. The van der Waals surface area contributed by atoms with Gasteiger partial charge in [0.05, 0.1) is 24.4 Å². The van der Waals surface area contributed by atoms with Gasteiger partial charge in [0.2, 0.25) is 0 Å². The summed E-state index contributed by atoms with van der Waals surface area (Å²) in [6.45, 7) is 0. The first kappa shape index (κ1) is 12.6. The Labute approximate surface area is 105 Å². The summed E-state index contributed by atoms with van der Waals surface area (Å²) < 4.78 is 20.9. The standard InChI is InChI=1S/C13H16FN3O/c1-15-13(10-7-8-17(2)16-10)12-9(14)5-4-6-11(12)18-3/h4-8,13,15H,1-3H3. The number of nitrogens with one attached hydrogen (secondary N) is 1. The predicted molar refractivity (Wildman–Crippen MR) is 67.1 cm³/mol. The van der Waals surface area contributed by atoms with Crippen LogP contribution in [0.25, 0.3) is 0 Å². The molecule has 1 heterocycles. The van der Waals surface area contributed by atoms with E-state index in [9.17, 15) is 4.39 Å². The highest BCUT2D eigenvalue weighted by atomic mass is 19.1. The van der Waals surface area contributed by atoms with E-state index in [2.05, 4.69) is 10.4 Å². The van der Waals surface area contributed by atoms with E-state index in [1.165, 1.54) is 13.2 Å². The molecule has 0 amide bonds. The molecule has 0 saturated carbocycles. The molecule has 5 heteroatoms. The van der Waals surface area contributed by atoms with Crippen LogP contribution in [0.3, 0.4) is 0 Å². The zero-order chi connectivity index (χ0) is 13.1. The molecule has 0 fully saturated rings. The minimum atomic E-state index is -0.331. The maximum atomic E-state index is 14.0. The summed E-state index contributed by atoms with van der Waals surface area (Å²) in [6.07, 6.45) is 1.83. The smallest absolute Gasteiger partial charge is 0.132 e. The predicted octanol–water partition coefficient (Wildman–Crippen LogP) is 1.88. The molecule has 96 valence electrons. The Balaban J connectivity index is 2.51. The van der Waals surface area contributed by atoms with Crippen molar-refractivity contribution in [2.24, 2.45) is 7.05 Å². The highest BCUT2D eigenvalue weighted by Crippen LogP contribution is 2.31. The monoisotopic (exact) mass is 249 g/mol. The Kier molecular flexibility index (Phi) is 3.62. The number of aromatic nitrogens is 2. The van der Waals surface area contributed by atoms with Crippen LogP contribution < -0.4 is 10.1 Å². The van der Waals surface area contributed by atoms with Crippen molar-refractivity contribution in [3.63, 3.8) is 0 Å². The molecule has 0 aliphatic rings. The van der Waals surface area contributed by atoms with E-state index in [0.717, 1.165) is 5.69 Å². The van der Waals surface area contributed by atoms with Crippen molar-refractivity contribution < 1.29 is 9.13 Å². The fourth-order valence-electron chi connectivity index (χ4n) is 2.00. The number of nitrogens with zero attached hydrogens (tertiary/aromatic N) is 2. The van der Waals surface area contributed by atoms with Crippen LogP contribution in [-0.2, 0) is 7.05 Å². The Morgan fingerprint density at radius 2 is 2.17 bits per heavy atom. The highest BCUT2D eigenvalue weighted by Gasteiger charge is 2.22. The zero-order valence-electron chi connectivity index (χ0n) is 10.6. The molecule has 0 spiro atoms. The lowest BCUT2D eigenvalue weighted by atomic mass is 10.0. The number of halogens is 1. The van der Waals surface area contributed by atoms with Crippen molar-refractivity contribution in [2.45, 2.75) is 6.04 Å². The van der Waals surface area contributed by atoms with E-state index in [0.29, 0.717) is 11.3 Å². The lowest BCUT2D eigenvalue weighted by Crippen LogP contribution is -2.20. The van der Waals surface area contributed by atoms with Crippen molar-refractivity contribution in [3.8, 4) is 5.75 Å². The maximum absolute atomic E-state index is 14.0. The molecule has 0 radical (unpaired) electrons. The second-order valence-corrected chi connectivity index (χ2v) is 3.99. The average molecular weight is 249 g/mol. The summed E-state index contributed by atoms with van der Waals surface area (Å²) in [4.78, 5) is 0. The topological polar surface area (TPSA) is 39.1 Å². The number of hydrogen-bond acceptors (Lipinski definition) is 3. The Bertz CT molecular complexity index is 539. The molecule has 1 aromatic carbocycles. The van der Waals surface area contributed by atoms with E-state index < -0.39 is 0 Å². The number of aryl methyl sites for hydroxylation is 1. The van der Waals surface area contributed by atoms with Gasteiger partial charge >= 0.3 is 0 Å². The van der Waals surface area contributed by atoms with E-state index >= 15 is 0 Å². The van der Waals surface area contributed by atoms with Gasteiger partial charge in [0.25, 0.3) is 0 Å². The quantitative estimate of drug-likeness (QED) is 0.899. The first-order valence-corrected chi connectivity index (χ1v) is 5.66. The molecule has 0 bridgehead atoms. The van der Waals surface area contributed by atoms with E-state index in [1.807, 2.05) is 19.3 Å². The fourth-order valence-corrected chi connectivity index (χ4v) is 2.00. The lowest BCUT2D eigenvalue weighted by molar-refractivity contribution is 0.398. The number of rotatable bonds is 4. The van der Waals surface area contributed by atoms with E-state index in [4.69, 9.17) is 4.74 Å². The first-order valence-electron chi connectivity index (χ1n) is 5.66. The van der Waals surface area contributed by atoms with E-state index in [-0.39, 0.29) is 11.9 Å². The van der Waals surface area contributed by atoms with Crippen LogP contribution in [0.5, 0.6) is 5.75 Å². The molecule has 1 atom stereocenters. The number of hydrogen-bond donors (Lipinski definition) is 1. The van der Waals surface area contributed by atoms with Crippen LogP contribution in [0, 0.1) is 5.82 Å². The van der Waals surface area contributed by atoms with Crippen molar-refractivity contribution in [3.05, 3.63) is 47.5 Å². The van der Waals surface area contributed by atoms with Crippen LogP contribution >= 0.6 is 0 Å². The summed E-state index contributed by atoms with van der Waals surface area (Å²) in [5.41, 5.74) is 1.23. The molecule has 0 saturated heterocycles. The molecule has 1 N–H and O–H groups in total. The van der Waals surface area contributed by atoms with Crippen LogP contribution in [-0.4, -0.2) is 23.9 Å². The molecule has 2 rings (SSSR count). The van der Waals surface area contributed by atoms with Crippen molar-refractivity contribution >= 4 is 0 Å². The van der Waals surface area contributed by atoms with Gasteiger partial charge in [-0.1, -0.05) is 6.07 Å². The SMILES string of the molecule is CNC(c1ccn(C)n1)c1c(F)cccc1OC. The van der Waals surface area contributed by atoms with Gasteiger partial charge in [0.1, 0.15) is 11.6 Å². The van der Waals surface area contributed by atoms with Gasteiger partial charge in [-0.2, -0.15) is 5.10 Å². The van der Waals surface area contributed by atoms with Gasteiger partial charge in [-0.15, -0.1) is 0 Å². The lowest BCUT2D eigenvalue weighted by Gasteiger charge is -2.18. The normalized spacial score (nSPS) is 12.4. The Morgan fingerprint density at radius 1 is 1.39 bits per heavy atom. The third-order valence-corrected chi connectivity index (χ3v) is 2.84. The molecule has 0 aliphatic heterocycles. The van der Waals surface area contributed by atoms with Crippen molar-refractivity contribution in [2.75, 3.05) is 14.2 Å². The second-order valence-electron chi connectivity index (χ2n) is 3.99. The summed E-state index contributed by atoms with van der Waals surface area (Å²) in [7, 11) is 5.13. The van der Waals surface area contributed by atoms with Crippen LogP contribution in [0.15, 0.2) is 30.5 Å². The van der Waals surface area contributed by atoms with E-state index in [1.54, 1.807) is 23.9 Å². The molecule has 0 aliphatic carbocycles. The van der Waals surface area contributed by atoms with Crippen LogP contribution in [0.1, 0.15) is 17.3 Å². The fraction of sp³-hybridized carbons (Fsp3) is 0.308. The van der Waals surface area contributed by atoms with Gasteiger partial charge in [-0.05, 0) is 25.2 Å². The minimum absolute atomic E-state index is 0.306. The number of ether oxygens (including phenoxy) is 1. The largest absolute Gasteiger partial charge is 0.496 e. The third-order valence-electron chi connectivity index (χ3n) is 2.84. The van der Waals surface area contributed by atoms with Crippen LogP contribution in [0.4, 0.5) is 4.39 Å². The van der Waals surface area contributed by atoms with Gasteiger partial charge in [0, 0.05) is 13.2 Å². The summed E-state index contributed by atoms with van der Waals surface area (Å²) in [5.74, 6) is 0.208. The molecular formula is C13H16FN3O. The Hall–Kier alpha value is -1.88. The summed E-state index contributed by atoms with van der Waals surface area (Å²) >= 11 is 0. The highest BCUT2D eigenvalue weighted by molar-refractivity contribution is 5.40. The summed E-state index contributed by atoms with van der Waals surface area (Å²) in [5, 5.41) is 7.37. The minimum Gasteiger partial charge on any atom is -0.496 e. The molecule has 2 aromatic rings. The van der Waals surface area contributed by atoms with Crippen LogP contribution in [0.2, 0.25) is 0 Å². The molecule has 4 nitrogen and oxygen atoms in total. The van der Waals surface area contributed by atoms with Crippen molar-refractivity contribution in [1.29, 1.82) is 0 Å². The van der Waals surface area contributed by atoms with Gasteiger partial charge in [-0.3, -0.25) is 4.68 Å².